The quantitative estimate of drug-likeness (QED) is 0.440. The number of halogens is 3. The molecule has 0 unspecified atom stereocenters. The Labute approximate surface area is 181 Å². The number of anilines is 1. The van der Waals surface area contributed by atoms with Crippen LogP contribution in [0.3, 0.4) is 0 Å². The number of rotatable bonds is 5. The van der Waals surface area contributed by atoms with E-state index in [-0.39, 0.29) is 18.2 Å². The molecule has 32 heavy (non-hydrogen) atoms. The minimum atomic E-state index is -4.56. The molecule has 6 nitrogen and oxygen atoms in total. The van der Waals surface area contributed by atoms with Gasteiger partial charge >= 0.3 is 6.18 Å². The van der Waals surface area contributed by atoms with Gasteiger partial charge in [0.1, 0.15) is 0 Å². The lowest BCUT2D eigenvalue weighted by Gasteiger charge is -2.13. The van der Waals surface area contributed by atoms with E-state index in [0.717, 1.165) is 17.7 Å². The highest BCUT2D eigenvalue weighted by atomic mass is 19.4. The van der Waals surface area contributed by atoms with Crippen molar-refractivity contribution in [2.24, 2.45) is 0 Å². The van der Waals surface area contributed by atoms with Crippen LogP contribution in [0.4, 0.5) is 18.9 Å². The summed E-state index contributed by atoms with van der Waals surface area (Å²) in [7, 11) is 0. The Morgan fingerprint density at radius 1 is 1.12 bits per heavy atom. The summed E-state index contributed by atoms with van der Waals surface area (Å²) in [6.07, 6.45) is 4.57. The van der Waals surface area contributed by atoms with Crippen molar-refractivity contribution in [3.63, 3.8) is 0 Å². The molecule has 1 amide bonds. The average molecular weight is 441 g/mol. The predicted molar refractivity (Wildman–Crippen MR) is 113 cm³/mol. The number of aromatic nitrogens is 2. The largest absolute Gasteiger partial charge is 0.454 e. The number of nitrogens with one attached hydrogen (secondary N) is 1. The highest BCUT2D eigenvalue weighted by Crippen LogP contribution is 2.34. The Morgan fingerprint density at radius 2 is 1.94 bits per heavy atom. The molecule has 3 aromatic rings. The maximum absolute atomic E-state index is 13.3. The highest BCUT2D eigenvalue weighted by Gasteiger charge is 2.31. The molecule has 2 heterocycles. The van der Waals surface area contributed by atoms with Crippen LogP contribution in [0.15, 0.2) is 67.2 Å². The minimum Gasteiger partial charge on any atom is -0.454 e. The number of imidazole rings is 1. The molecule has 0 aliphatic carbocycles. The third-order valence-corrected chi connectivity index (χ3v) is 4.57. The Morgan fingerprint density at radius 3 is 2.69 bits per heavy atom. The Kier molecular flexibility index (Phi) is 5.72. The molecule has 1 aromatic heterocycles. The fourth-order valence-electron chi connectivity index (χ4n) is 3.07. The van der Waals surface area contributed by atoms with Crippen LogP contribution in [0.5, 0.6) is 11.5 Å². The second-order valence-corrected chi connectivity index (χ2v) is 7.01. The third-order valence-electron chi connectivity index (χ3n) is 4.57. The van der Waals surface area contributed by atoms with Crippen molar-refractivity contribution in [3.8, 4) is 17.2 Å². The van der Waals surface area contributed by atoms with Crippen LogP contribution < -0.4 is 14.8 Å². The number of aryl methyl sites for hydroxylation is 1. The van der Waals surface area contributed by atoms with Crippen molar-refractivity contribution in [1.29, 1.82) is 0 Å². The van der Waals surface area contributed by atoms with Crippen molar-refractivity contribution >= 4 is 17.7 Å². The normalized spacial score (nSPS) is 13.2. The van der Waals surface area contributed by atoms with E-state index < -0.39 is 17.6 Å². The molecule has 0 fully saturated rings. The molecule has 4 rings (SSSR count). The van der Waals surface area contributed by atoms with Crippen molar-refractivity contribution < 1.29 is 27.4 Å². The molecule has 0 saturated carbocycles. The van der Waals surface area contributed by atoms with Crippen LogP contribution in [0.1, 0.15) is 16.8 Å². The molecule has 0 bridgehead atoms. The first-order valence-electron chi connectivity index (χ1n) is 9.56. The predicted octanol–water partition coefficient (Wildman–Crippen LogP) is 5.14. The van der Waals surface area contributed by atoms with E-state index >= 15 is 0 Å². The van der Waals surface area contributed by atoms with E-state index in [4.69, 9.17) is 9.47 Å². The van der Waals surface area contributed by atoms with E-state index in [1.165, 1.54) is 29.1 Å². The molecule has 0 radical (unpaired) electrons. The van der Waals surface area contributed by atoms with Gasteiger partial charge in [-0.05, 0) is 42.8 Å². The molecule has 2 aromatic carbocycles. The number of hydrogen-bond acceptors (Lipinski definition) is 4. The van der Waals surface area contributed by atoms with Gasteiger partial charge in [0.2, 0.25) is 12.7 Å². The Balaban J connectivity index is 1.47. The van der Waals surface area contributed by atoms with Gasteiger partial charge in [-0.3, -0.25) is 4.79 Å². The lowest BCUT2D eigenvalue weighted by molar-refractivity contribution is -0.137. The van der Waals surface area contributed by atoms with Gasteiger partial charge in [-0.2, -0.15) is 13.2 Å². The van der Waals surface area contributed by atoms with E-state index in [9.17, 15) is 18.0 Å². The lowest BCUT2D eigenvalue weighted by Crippen LogP contribution is -2.11. The van der Waals surface area contributed by atoms with Crippen LogP contribution in [0.2, 0.25) is 0 Å². The number of benzene rings is 2. The van der Waals surface area contributed by atoms with Crippen molar-refractivity contribution in [2.45, 2.75) is 13.1 Å². The van der Waals surface area contributed by atoms with Crippen molar-refractivity contribution in [1.82, 2.24) is 9.55 Å². The molecule has 0 saturated heterocycles. The zero-order chi connectivity index (χ0) is 22.7. The van der Waals surface area contributed by atoms with E-state index in [1.807, 2.05) is 6.07 Å². The van der Waals surface area contributed by atoms with Gasteiger partial charge in [0.25, 0.3) is 0 Å². The van der Waals surface area contributed by atoms with Crippen LogP contribution >= 0.6 is 0 Å². The van der Waals surface area contributed by atoms with Crippen LogP contribution in [-0.2, 0) is 11.0 Å². The van der Waals surface area contributed by atoms with Gasteiger partial charge in [0.05, 0.1) is 17.6 Å². The molecule has 1 aliphatic heterocycles. The lowest BCUT2D eigenvalue weighted by atomic mass is 10.1. The summed E-state index contributed by atoms with van der Waals surface area (Å²) >= 11 is 0. The number of nitrogens with zero attached hydrogens (tertiary/aromatic N) is 2. The molecular formula is C23H18F3N3O3. The van der Waals surface area contributed by atoms with Crippen LogP contribution in [-0.4, -0.2) is 22.3 Å². The summed E-state index contributed by atoms with van der Waals surface area (Å²) in [6.45, 7) is 1.91. The zero-order valence-corrected chi connectivity index (χ0v) is 16.9. The summed E-state index contributed by atoms with van der Waals surface area (Å²) in [5, 5.41) is 2.47. The zero-order valence-electron chi connectivity index (χ0n) is 16.9. The second kappa shape index (κ2) is 8.62. The first kappa shape index (κ1) is 21.2. The van der Waals surface area contributed by atoms with Crippen molar-refractivity contribution in [2.75, 3.05) is 12.1 Å². The number of carbonyl (C=O) groups is 1. The molecule has 164 valence electrons. The SMILES string of the molecule is Cc1cn(-c2cc(NC(=O)/C=C/C=C/c3ccc4c(c3)OCO4)cc(C(F)(F)F)c2)cn1. The maximum Gasteiger partial charge on any atom is 0.416 e. The van der Waals surface area contributed by atoms with Gasteiger partial charge < -0.3 is 19.4 Å². The summed E-state index contributed by atoms with van der Waals surface area (Å²) in [6, 6.07) is 8.76. The topological polar surface area (TPSA) is 65.4 Å². The number of hydrogen-bond donors (Lipinski definition) is 1. The summed E-state index contributed by atoms with van der Waals surface area (Å²) in [4.78, 5) is 16.3. The first-order valence-corrected chi connectivity index (χ1v) is 9.56. The van der Waals surface area contributed by atoms with E-state index in [2.05, 4.69) is 10.3 Å². The summed E-state index contributed by atoms with van der Waals surface area (Å²) in [5.74, 6) is 0.748. The molecule has 0 atom stereocenters. The van der Waals surface area contributed by atoms with Gasteiger partial charge in [0.15, 0.2) is 11.5 Å². The third kappa shape index (κ3) is 5.00. The van der Waals surface area contributed by atoms with E-state index in [0.29, 0.717) is 17.2 Å². The number of carbonyl (C=O) groups excluding carboxylic acids is 1. The minimum absolute atomic E-state index is 0.0237. The Hall–Kier alpha value is -4.01. The van der Waals surface area contributed by atoms with Gasteiger partial charge in [-0.1, -0.05) is 24.3 Å². The van der Waals surface area contributed by atoms with Crippen LogP contribution in [0, 0.1) is 6.92 Å². The second-order valence-electron chi connectivity index (χ2n) is 7.01. The van der Waals surface area contributed by atoms with Gasteiger partial charge in [0, 0.05) is 23.6 Å². The molecule has 1 aliphatic rings. The number of alkyl halides is 3. The molecular weight excluding hydrogens is 423 g/mol. The number of fused-ring (bicyclic) bond motifs is 1. The molecule has 0 spiro atoms. The monoisotopic (exact) mass is 441 g/mol. The van der Waals surface area contributed by atoms with E-state index in [1.54, 1.807) is 37.4 Å². The number of ether oxygens (including phenoxy) is 2. The number of amides is 1. The average Bonchev–Trinajstić information content (AvgIpc) is 3.39. The smallest absolute Gasteiger partial charge is 0.416 e. The maximum atomic E-state index is 13.3. The van der Waals surface area contributed by atoms with Crippen molar-refractivity contribution in [3.05, 3.63) is 84.0 Å². The fourth-order valence-corrected chi connectivity index (χ4v) is 3.07. The Bertz CT molecular complexity index is 1210. The standard InChI is InChI=1S/C23H18F3N3O3/c1-15-12-29(13-27-15)19-10-17(23(24,25)26)9-18(11-19)28-22(30)5-3-2-4-16-6-7-20-21(8-16)32-14-31-20/h2-13H,14H2,1H3,(H,28,30)/b4-2+,5-3+. The first-order chi connectivity index (χ1) is 15.3. The number of allylic oxidation sites excluding steroid dienone is 2. The molecule has 9 heteroatoms. The summed E-state index contributed by atoms with van der Waals surface area (Å²) in [5.41, 5.74) is 0.893. The van der Waals surface area contributed by atoms with Gasteiger partial charge in [-0.25, -0.2) is 4.98 Å². The highest BCUT2D eigenvalue weighted by molar-refractivity contribution is 5.99. The van der Waals surface area contributed by atoms with Crippen LogP contribution in [0.25, 0.3) is 11.8 Å². The summed E-state index contributed by atoms with van der Waals surface area (Å²) < 4.78 is 52.0. The molecule has 1 N–H and O–H groups in total. The fraction of sp³-hybridized carbons (Fsp3) is 0.130. The van der Waals surface area contributed by atoms with Gasteiger partial charge in [-0.15, -0.1) is 0 Å².